The Bertz CT molecular complexity index is 469. The fourth-order valence-electron chi connectivity index (χ4n) is 2.68. The molecule has 0 radical (unpaired) electrons. The van der Waals surface area contributed by atoms with Crippen molar-refractivity contribution in [2.24, 2.45) is 5.41 Å². The zero-order chi connectivity index (χ0) is 15.9. The summed E-state index contributed by atoms with van der Waals surface area (Å²) in [6.45, 7) is 1.97. The van der Waals surface area contributed by atoms with Crippen molar-refractivity contribution in [2.75, 3.05) is 18.8 Å². The topological polar surface area (TPSA) is 113 Å². The van der Waals surface area contributed by atoms with Crippen LogP contribution in [0.4, 0.5) is 0 Å². The minimum Gasteiger partial charge on any atom is -0.481 e. The van der Waals surface area contributed by atoms with E-state index in [1.807, 2.05) is 0 Å². The number of hydrogen-bond acceptors (Lipinski definition) is 4. The fraction of sp³-hybridized carbons (Fsp3) is 0.846. The second-order valence-corrected chi connectivity index (χ2v) is 7.42. The molecule has 21 heavy (non-hydrogen) atoms. The Morgan fingerprint density at radius 1 is 1.19 bits per heavy atom. The second-order valence-electron chi connectivity index (χ2n) is 5.49. The minimum absolute atomic E-state index is 0.0101. The molecule has 1 amide bonds. The summed E-state index contributed by atoms with van der Waals surface area (Å²) in [7, 11) is -3.37. The van der Waals surface area contributed by atoms with Gasteiger partial charge in [-0.25, -0.2) is 13.1 Å². The second kappa shape index (κ2) is 7.74. The van der Waals surface area contributed by atoms with Crippen molar-refractivity contribution in [3.63, 3.8) is 0 Å². The lowest BCUT2D eigenvalue weighted by molar-refractivity contribution is -0.154. The third-order valence-electron chi connectivity index (χ3n) is 3.82. The highest BCUT2D eigenvalue weighted by Crippen LogP contribution is 2.39. The van der Waals surface area contributed by atoms with E-state index < -0.39 is 27.3 Å². The number of carbonyl (C=O) groups is 2. The SMILES string of the molecule is CCNS(=O)(=O)CCNC(=O)CC1(C(=O)O)CCCCC1. The van der Waals surface area contributed by atoms with E-state index in [-0.39, 0.29) is 18.7 Å². The van der Waals surface area contributed by atoms with Crippen molar-refractivity contribution in [1.29, 1.82) is 0 Å². The Balaban J connectivity index is 2.47. The first-order valence-corrected chi connectivity index (χ1v) is 8.94. The first-order chi connectivity index (χ1) is 9.81. The van der Waals surface area contributed by atoms with E-state index in [2.05, 4.69) is 10.0 Å². The van der Waals surface area contributed by atoms with Crippen LogP contribution in [0.3, 0.4) is 0 Å². The molecular weight excluding hydrogens is 296 g/mol. The van der Waals surface area contributed by atoms with Crippen molar-refractivity contribution in [2.45, 2.75) is 45.4 Å². The predicted molar refractivity (Wildman–Crippen MR) is 78.2 cm³/mol. The summed E-state index contributed by atoms with van der Waals surface area (Å²) in [5.41, 5.74) is -0.983. The van der Waals surface area contributed by atoms with Gasteiger partial charge in [0.15, 0.2) is 0 Å². The van der Waals surface area contributed by atoms with E-state index >= 15 is 0 Å². The third-order valence-corrected chi connectivity index (χ3v) is 5.29. The van der Waals surface area contributed by atoms with Gasteiger partial charge < -0.3 is 10.4 Å². The average Bonchev–Trinajstić information content (AvgIpc) is 2.39. The molecule has 0 saturated heterocycles. The molecule has 1 aliphatic carbocycles. The Labute approximate surface area is 125 Å². The molecule has 1 saturated carbocycles. The van der Waals surface area contributed by atoms with Crippen molar-refractivity contribution < 1.29 is 23.1 Å². The van der Waals surface area contributed by atoms with Crippen LogP contribution in [0.1, 0.15) is 45.4 Å². The maximum atomic E-state index is 11.9. The molecule has 0 atom stereocenters. The van der Waals surface area contributed by atoms with E-state index in [1.54, 1.807) is 6.92 Å². The monoisotopic (exact) mass is 320 g/mol. The summed E-state index contributed by atoms with van der Waals surface area (Å²) in [6, 6.07) is 0. The van der Waals surface area contributed by atoms with Crippen molar-refractivity contribution in [3.05, 3.63) is 0 Å². The van der Waals surface area contributed by atoms with Gasteiger partial charge in [-0.15, -0.1) is 0 Å². The number of carboxylic acid groups (broad SMARTS) is 1. The molecular formula is C13H24N2O5S. The predicted octanol–water partition coefficient (Wildman–Crippen LogP) is 0.467. The van der Waals surface area contributed by atoms with E-state index in [4.69, 9.17) is 0 Å². The highest BCUT2D eigenvalue weighted by Gasteiger charge is 2.41. The first kappa shape index (κ1) is 17.9. The van der Waals surface area contributed by atoms with Gasteiger partial charge in [-0.2, -0.15) is 0 Å². The maximum Gasteiger partial charge on any atom is 0.310 e. The molecule has 0 aromatic heterocycles. The number of rotatable bonds is 8. The first-order valence-electron chi connectivity index (χ1n) is 7.29. The molecule has 0 aromatic carbocycles. The number of carboxylic acids is 1. The number of hydrogen-bond donors (Lipinski definition) is 3. The summed E-state index contributed by atoms with van der Waals surface area (Å²) in [6.07, 6.45) is 3.56. The number of aliphatic carboxylic acids is 1. The number of amides is 1. The van der Waals surface area contributed by atoms with Crippen LogP contribution < -0.4 is 10.0 Å². The maximum absolute atomic E-state index is 11.9. The zero-order valence-electron chi connectivity index (χ0n) is 12.4. The van der Waals surface area contributed by atoms with E-state index in [1.165, 1.54) is 0 Å². The lowest BCUT2D eigenvalue weighted by Crippen LogP contribution is -2.40. The lowest BCUT2D eigenvalue weighted by atomic mass is 9.71. The van der Waals surface area contributed by atoms with Crippen LogP contribution >= 0.6 is 0 Å². The van der Waals surface area contributed by atoms with Crippen LogP contribution in [-0.2, 0) is 19.6 Å². The van der Waals surface area contributed by atoms with E-state index in [9.17, 15) is 23.1 Å². The van der Waals surface area contributed by atoms with Crippen LogP contribution in [0, 0.1) is 5.41 Å². The largest absolute Gasteiger partial charge is 0.481 e. The van der Waals surface area contributed by atoms with Crippen LogP contribution in [0.2, 0.25) is 0 Å². The molecule has 0 heterocycles. The van der Waals surface area contributed by atoms with Crippen molar-refractivity contribution >= 4 is 21.9 Å². The molecule has 7 nitrogen and oxygen atoms in total. The Morgan fingerprint density at radius 2 is 1.81 bits per heavy atom. The molecule has 1 fully saturated rings. The molecule has 0 spiro atoms. The van der Waals surface area contributed by atoms with Gasteiger partial charge in [0.1, 0.15) is 0 Å². The molecule has 1 rings (SSSR count). The molecule has 1 aliphatic rings. The van der Waals surface area contributed by atoms with Crippen LogP contribution in [0.15, 0.2) is 0 Å². The van der Waals surface area contributed by atoms with Gasteiger partial charge in [-0.1, -0.05) is 26.2 Å². The normalized spacial score (nSPS) is 18.1. The summed E-state index contributed by atoms with van der Waals surface area (Å²) >= 11 is 0. The summed E-state index contributed by atoms with van der Waals surface area (Å²) < 4.78 is 25.2. The minimum atomic E-state index is -3.37. The molecule has 8 heteroatoms. The zero-order valence-corrected chi connectivity index (χ0v) is 13.2. The van der Waals surface area contributed by atoms with Gasteiger partial charge in [0.2, 0.25) is 15.9 Å². The summed E-state index contributed by atoms with van der Waals surface area (Å²) in [5, 5.41) is 11.9. The van der Waals surface area contributed by atoms with E-state index in [0.717, 1.165) is 19.3 Å². The van der Waals surface area contributed by atoms with Gasteiger partial charge in [0.25, 0.3) is 0 Å². The number of nitrogens with one attached hydrogen (secondary N) is 2. The third kappa shape index (κ3) is 5.62. The van der Waals surface area contributed by atoms with Crippen LogP contribution in [0.5, 0.6) is 0 Å². The van der Waals surface area contributed by atoms with Crippen molar-refractivity contribution in [3.8, 4) is 0 Å². The van der Waals surface area contributed by atoms with Gasteiger partial charge in [-0.3, -0.25) is 9.59 Å². The molecule has 0 unspecified atom stereocenters. The van der Waals surface area contributed by atoms with Crippen molar-refractivity contribution in [1.82, 2.24) is 10.0 Å². The fourth-order valence-corrected chi connectivity index (χ4v) is 3.64. The Kier molecular flexibility index (Phi) is 6.60. The number of sulfonamides is 1. The molecule has 0 aliphatic heterocycles. The highest BCUT2D eigenvalue weighted by molar-refractivity contribution is 7.89. The average molecular weight is 320 g/mol. The van der Waals surface area contributed by atoms with Gasteiger partial charge >= 0.3 is 5.97 Å². The molecule has 3 N–H and O–H groups in total. The Hall–Kier alpha value is -1.15. The highest BCUT2D eigenvalue weighted by atomic mass is 32.2. The van der Waals surface area contributed by atoms with Crippen LogP contribution in [0.25, 0.3) is 0 Å². The van der Waals surface area contributed by atoms with Gasteiger partial charge in [-0.05, 0) is 12.8 Å². The smallest absolute Gasteiger partial charge is 0.310 e. The quantitative estimate of drug-likeness (QED) is 0.601. The van der Waals surface area contributed by atoms with Gasteiger partial charge in [0, 0.05) is 19.5 Å². The molecule has 122 valence electrons. The van der Waals surface area contributed by atoms with E-state index in [0.29, 0.717) is 19.4 Å². The standard InChI is InChI=1S/C13H24N2O5S/c1-2-15-21(19,20)9-8-14-11(16)10-13(12(17)18)6-4-3-5-7-13/h15H,2-10H2,1H3,(H,14,16)(H,17,18). The van der Waals surface area contributed by atoms with Crippen LogP contribution in [-0.4, -0.2) is 44.2 Å². The summed E-state index contributed by atoms with van der Waals surface area (Å²) in [5.74, 6) is -1.53. The number of carbonyl (C=O) groups excluding carboxylic acids is 1. The van der Waals surface area contributed by atoms with Gasteiger partial charge in [0.05, 0.1) is 11.2 Å². The Morgan fingerprint density at radius 3 is 2.33 bits per heavy atom. The molecule has 0 bridgehead atoms. The molecule has 0 aromatic rings. The summed E-state index contributed by atoms with van der Waals surface area (Å²) in [4.78, 5) is 23.3. The lowest BCUT2D eigenvalue weighted by Gasteiger charge is -2.32.